The van der Waals surface area contributed by atoms with E-state index in [1.807, 2.05) is 54.6 Å². The summed E-state index contributed by atoms with van der Waals surface area (Å²) in [4.78, 5) is 39.7. The summed E-state index contributed by atoms with van der Waals surface area (Å²) in [6, 6.07) is 16.8. The molecule has 0 aromatic heterocycles. The highest BCUT2D eigenvalue weighted by Gasteiger charge is 2.56. The number of ether oxygens (including phenoxy) is 1. The molecule has 1 spiro atoms. The fourth-order valence-corrected chi connectivity index (χ4v) is 5.59. The monoisotopic (exact) mass is 463 g/mol. The van der Waals surface area contributed by atoms with Crippen molar-refractivity contribution in [2.45, 2.75) is 58.7 Å². The van der Waals surface area contributed by atoms with Crippen molar-refractivity contribution in [2.75, 3.05) is 6.54 Å². The highest BCUT2D eigenvalue weighted by Crippen LogP contribution is 2.46. The van der Waals surface area contributed by atoms with E-state index >= 15 is 0 Å². The van der Waals surface area contributed by atoms with Gasteiger partial charge in [-0.3, -0.25) is 14.5 Å². The summed E-state index contributed by atoms with van der Waals surface area (Å²) in [5.74, 6) is 0.428. The van der Waals surface area contributed by atoms with E-state index < -0.39 is 11.6 Å². The molecule has 1 heterocycles. The summed E-state index contributed by atoms with van der Waals surface area (Å²) in [5, 5.41) is 5.77. The van der Waals surface area contributed by atoms with E-state index in [1.54, 1.807) is 0 Å². The van der Waals surface area contributed by atoms with Crippen molar-refractivity contribution in [1.82, 2.24) is 15.5 Å². The summed E-state index contributed by atoms with van der Waals surface area (Å²) < 4.78 is 5.85. The van der Waals surface area contributed by atoms with E-state index in [0.717, 1.165) is 28.2 Å². The molecule has 4 amide bonds. The largest absolute Gasteiger partial charge is 0.489 e. The number of carbonyl (C=O) groups is 3. The van der Waals surface area contributed by atoms with E-state index in [9.17, 15) is 14.4 Å². The molecular weight excluding hydrogens is 430 g/mol. The lowest BCUT2D eigenvalue weighted by Crippen LogP contribution is -2.54. The van der Waals surface area contributed by atoms with Crippen molar-refractivity contribution in [3.63, 3.8) is 0 Å². The molecule has 2 aromatic rings. The number of benzene rings is 2. The Morgan fingerprint density at radius 2 is 1.74 bits per heavy atom. The van der Waals surface area contributed by atoms with Gasteiger partial charge in [0.15, 0.2) is 0 Å². The van der Waals surface area contributed by atoms with E-state index in [4.69, 9.17) is 4.74 Å². The third-order valence-electron chi connectivity index (χ3n) is 6.66. The van der Waals surface area contributed by atoms with Crippen molar-refractivity contribution in [3.8, 4) is 5.75 Å². The summed E-state index contributed by atoms with van der Waals surface area (Å²) in [6.45, 7) is 6.72. The molecule has 2 atom stereocenters. The Hall–Kier alpha value is -3.35. The van der Waals surface area contributed by atoms with Crippen molar-refractivity contribution in [2.24, 2.45) is 11.3 Å². The van der Waals surface area contributed by atoms with Gasteiger partial charge in [0.1, 0.15) is 24.4 Å². The number of nitrogens with one attached hydrogen (secondary N) is 2. The smallest absolute Gasteiger partial charge is 0.325 e. The lowest BCUT2D eigenvalue weighted by Gasteiger charge is -2.43. The summed E-state index contributed by atoms with van der Waals surface area (Å²) in [5.41, 5.74) is 0.923. The Balaban J connectivity index is 1.36. The first-order valence-corrected chi connectivity index (χ1v) is 11.8. The quantitative estimate of drug-likeness (QED) is 0.607. The summed E-state index contributed by atoms with van der Waals surface area (Å²) >= 11 is 0. The first-order chi connectivity index (χ1) is 16.2. The molecule has 2 aliphatic rings. The molecule has 7 nitrogen and oxygen atoms in total. The van der Waals surface area contributed by atoms with Crippen LogP contribution in [0.25, 0.3) is 0 Å². The number of amides is 4. The van der Waals surface area contributed by atoms with Crippen LogP contribution in [0.5, 0.6) is 5.75 Å². The average Bonchev–Trinajstić information content (AvgIpc) is 2.99. The van der Waals surface area contributed by atoms with Crippen molar-refractivity contribution in [1.29, 1.82) is 0 Å². The average molecular weight is 464 g/mol. The molecule has 180 valence electrons. The topological polar surface area (TPSA) is 87.7 Å². The number of para-hydroxylation sites is 1. The number of imide groups is 1. The first kappa shape index (κ1) is 23.8. The minimum Gasteiger partial charge on any atom is -0.489 e. The highest BCUT2D eigenvalue weighted by molar-refractivity contribution is 6.09. The predicted molar refractivity (Wildman–Crippen MR) is 129 cm³/mol. The van der Waals surface area contributed by atoms with E-state index in [1.165, 1.54) is 0 Å². The lowest BCUT2D eigenvalue weighted by molar-refractivity contribution is -0.137. The van der Waals surface area contributed by atoms with Crippen LogP contribution in [0.1, 0.15) is 51.2 Å². The normalized spacial score (nSPS) is 23.6. The minimum absolute atomic E-state index is 0.0512. The molecule has 2 unspecified atom stereocenters. The van der Waals surface area contributed by atoms with Crippen LogP contribution < -0.4 is 15.4 Å². The summed E-state index contributed by atoms with van der Waals surface area (Å²) in [7, 11) is 0. The van der Waals surface area contributed by atoms with Crippen molar-refractivity contribution in [3.05, 3.63) is 65.7 Å². The standard InChI is InChI=1S/C27H33N3O4/c1-19-13-26(2,3)18-27(14-19)24(32)30(25(33)29-27)16-23(31)28-15-20-9-7-8-10-21(20)17-34-22-11-5-4-6-12-22/h4-12,19H,13-18H2,1-3H3,(H,28,31)(H,29,33). The van der Waals surface area contributed by atoms with Crippen molar-refractivity contribution < 1.29 is 19.1 Å². The molecular formula is C27H33N3O4. The van der Waals surface area contributed by atoms with Crippen LogP contribution in [0.2, 0.25) is 0 Å². The zero-order valence-electron chi connectivity index (χ0n) is 20.1. The maximum atomic E-state index is 13.3. The molecule has 1 aliphatic carbocycles. The van der Waals surface area contributed by atoms with Crippen LogP contribution in [0.15, 0.2) is 54.6 Å². The number of hydrogen-bond donors (Lipinski definition) is 2. The Morgan fingerprint density at radius 1 is 1.06 bits per heavy atom. The van der Waals surface area contributed by atoms with Crippen LogP contribution in [-0.4, -0.2) is 34.8 Å². The molecule has 1 aliphatic heterocycles. The second-order valence-electron chi connectivity index (χ2n) is 10.4. The van der Waals surface area contributed by atoms with Gasteiger partial charge in [-0.15, -0.1) is 0 Å². The van der Waals surface area contributed by atoms with Crippen LogP contribution in [0.3, 0.4) is 0 Å². The van der Waals surface area contributed by atoms with Gasteiger partial charge < -0.3 is 15.4 Å². The predicted octanol–water partition coefficient (Wildman–Crippen LogP) is 4.02. The SMILES string of the molecule is CC1CC(C)(C)CC2(C1)NC(=O)N(CC(=O)NCc1ccccc1COc1ccccc1)C2=O. The first-order valence-electron chi connectivity index (χ1n) is 11.8. The van der Waals surface area contributed by atoms with Crippen LogP contribution in [0, 0.1) is 11.3 Å². The lowest BCUT2D eigenvalue weighted by atomic mass is 9.64. The van der Waals surface area contributed by atoms with Gasteiger partial charge in [0.2, 0.25) is 5.91 Å². The van der Waals surface area contributed by atoms with Crippen LogP contribution in [-0.2, 0) is 22.7 Å². The second-order valence-corrected chi connectivity index (χ2v) is 10.4. The molecule has 0 bridgehead atoms. The van der Waals surface area contributed by atoms with Crippen LogP contribution in [0.4, 0.5) is 4.79 Å². The fraction of sp³-hybridized carbons (Fsp3) is 0.444. The molecule has 34 heavy (non-hydrogen) atoms. The van der Waals surface area contributed by atoms with Gasteiger partial charge in [-0.25, -0.2) is 4.79 Å². The molecule has 7 heteroatoms. The third kappa shape index (κ3) is 5.24. The van der Waals surface area contributed by atoms with Gasteiger partial charge in [0.25, 0.3) is 5.91 Å². The Bertz CT molecular complexity index is 1070. The number of carbonyl (C=O) groups excluding carboxylic acids is 3. The molecule has 1 saturated carbocycles. The van der Waals surface area contributed by atoms with Gasteiger partial charge in [-0.05, 0) is 53.9 Å². The number of urea groups is 1. The van der Waals surface area contributed by atoms with E-state index in [0.29, 0.717) is 25.4 Å². The number of hydrogen-bond acceptors (Lipinski definition) is 4. The summed E-state index contributed by atoms with van der Waals surface area (Å²) in [6.07, 6.45) is 2.20. The van der Waals surface area contributed by atoms with E-state index in [-0.39, 0.29) is 30.3 Å². The maximum absolute atomic E-state index is 13.3. The van der Waals surface area contributed by atoms with Gasteiger partial charge in [-0.1, -0.05) is 63.2 Å². The molecule has 1 saturated heterocycles. The molecule has 2 N–H and O–H groups in total. The molecule has 4 rings (SSSR count). The Kier molecular flexibility index (Phi) is 6.64. The minimum atomic E-state index is -0.903. The van der Waals surface area contributed by atoms with Gasteiger partial charge >= 0.3 is 6.03 Å². The Morgan fingerprint density at radius 3 is 2.44 bits per heavy atom. The van der Waals surface area contributed by atoms with Crippen LogP contribution >= 0.6 is 0 Å². The zero-order chi connectivity index (χ0) is 24.3. The van der Waals surface area contributed by atoms with Crippen molar-refractivity contribution >= 4 is 17.8 Å². The van der Waals surface area contributed by atoms with E-state index in [2.05, 4.69) is 31.4 Å². The second kappa shape index (κ2) is 9.49. The number of nitrogens with zero attached hydrogens (tertiary/aromatic N) is 1. The molecule has 2 aromatic carbocycles. The third-order valence-corrected chi connectivity index (χ3v) is 6.66. The maximum Gasteiger partial charge on any atom is 0.325 e. The fourth-order valence-electron chi connectivity index (χ4n) is 5.59. The van der Waals surface area contributed by atoms with Gasteiger partial charge in [0.05, 0.1) is 0 Å². The number of rotatable bonds is 7. The Labute approximate surface area is 200 Å². The zero-order valence-corrected chi connectivity index (χ0v) is 20.1. The van der Waals surface area contributed by atoms with Gasteiger partial charge in [0, 0.05) is 6.54 Å². The molecule has 0 radical (unpaired) electrons. The van der Waals surface area contributed by atoms with Gasteiger partial charge in [-0.2, -0.15) is 0 Å². The molecule has 2 fully saturated rings. The highest BCUT2D eigenvalue weighted by atomic mass is 16.5.